The number of halogens is 3. The number of benzene rings is 1. The van der Waals surface area contributed by atoms with Crippen molar-refractivity contribution in [3.8, 4) is 6.07 Å². The van der Waals surface area contributed by atoms with E-state index in [0.717, 1.165) is 0 Å². The first-order valence-electron chi connectivity index (χ1n) is 7.52. The molecule has 0 saturated heterocycles. The van der Waals surface area contributed by atoms with Gasteiger partial charge in [-0.05, 0) is 30.5 Å². The number of hydrogen-bond acceptors (Lipinski definition) is 4. The molecular formula is C16H19F3N2O3S. The molecule has 0 fully saturated rings. The van der Waals surface area contributed by atoms with Crippen LogP contribution in [0.5, 0.6) is 0 Å². The largest absolute Gasteiger partial charge is 0.406 e. The number of amides is 1. The second kappa shape index (κ2) is 8.34. The Balaban J connectivity index is 2.88. The van der Waals surface area contributed by atoms with Crippen molar-refractivity contribution in [2.75, 3.05) is 18.8 Å². The Labute approximate surface area is 145 Å². The fraction of sp³-hybridized carbons (Fsp3) is 0.500. The van der Waals surface area contributed by atoms with Crippen LogP contribution in [0, 0.1) is 18.3 Å². The Morgan fingerprint density at radius 3 is 2.48 bits per heavy atom. The zero-order chi connectivity index (χ0) is 19.3. The molecule has 0 heterocycles. The van der Waals surface area contributed by atoms with Gasteiger partial charge in [-0.15, -0.1) is 0 Å². The third-order valence-corrected chi connectivity index (χ3v) is 4.83. The number of nitriles is 1. The van der Waals surface area contributed by atoms with Crippen LogP contribution in [0.1, 0.15) is 30.0 Å². The van der Waals surface area contributed by atoms with E-state index < -0.39 is 40.0 Å². The minimum absolute atomic E-state index is 0.170. The lowest BCUT2D eigenvalue weighted by Crippen LogP contribution is -2.42. The summed E-state index contributed by atoms with van der Waals surface area (Å²) in [6.45, 7) is 1.65. The first-order valence-corrected chi connectivity index (χ1v) is 9.34. The maximum Gasteiger partial charge on any atom is 0.406 e. The summed E-state index contributed by atoms with van der Waals surface area (Å²) in [5.74, 6) is -2.59. The van der Waals surface area contributed by atoms with Crippen molar-refractivity contribution >= 4 is 15.7 Å². The van der Waals surface area contributed by atoms with Crippen LogP contribution in [-0.2, 0) is 20.4 Å². The molecule has 1 rings (SSSR count). The zero-order valence-electron chi connectivity index (χ0n) is 13.9. The highest BCUT2D eigenvalue weighted by Crippen LogP contribution is 2.18. The molecule has 0 spiro atoms. The van der Waals surface area contributed by atoms with Crippen LogP contribution in [-0.4, -0.2) is 44.2 Å². The van der Waals surface area contributed by atoms with E-state index >= 15 is 0 Å². The van der Waals surface area contributed by atoms with Crippen molar-refractivity contribution < 1.29 is 26.4 Å². The summed E-state index contributed by atoms with van der Waals surface area (Å²) < 4.78 is 61.9. The van der Waals surface area contributed by atoms with Crippen molar-refractivity contribution in [1.29, 1.82) is 5.26 Å². The molecule has 0 radical (unpaired) electrons. The Morgan fingerprint density at radius 1 is 1.32 bits per heavy atom. The molecule has 9 heteroatoms. The topological polar surface area (TPSA) is 78.2 Å². The van der Waals surface area contributed by atoms with Gasteiger partial charge >= 0.3 is 6.18 Å². The molecule has 0 atom stereocenters. The van der Waals surface area contributed by atoms with Gasteiger partial charge in [0.15, 0.2) is 9.84 Å². The van der Waals surface area contributed by atoms with E-state index in [9.17, 15) is 26.4 Å². The van der Waals surface area contributed by atoms with Crippen molar-refractivity contribution in [2.45, 2.75) is 32.2 Å². The second-order valence-corrected chi connectivity index (χ2v) is 7.79. The van der Waals surface area contributed by atoms with Crippen molar-refractivity contribution in [3.05, 3.63) is 34.9 Å². The molecular weight excluding hydrogens is 357 g/mol. The van der Waals surface area contributed by atoms with Gasteiger partial charge in [-0.2, -0.15) is 18.4 Å². The Kier molecular flexibility index (Phi) is 6.99. The van der Waals surface area contributed by atoms with Gasteiger partial charge in [0.1, 0.15) is 12.3 Å². The van der Waals surface area contributed by atoms with Crippen molar-refractivity contribution in [3.63, 3.8) is 0 Å². The summed E-state index contributed by atoms with van der Waals surface area (Å²) in [7, 11) is -3.96. The first kappa shape index (κ1) is 21.0. The standard InChI is InChI=1S/C16H19F3N2O3S/c1-3-6-21(11-16(17,18)19)15(22)10-25(23,24)9-13-5-4-12(2)14(7-13)8-20/h4-5,7H,3,6,9-11H2,1-2H3. The van der Waals surface area contributed by atoms with E-state index in [2.05, 4.69) is 0 Å². The fourth-order valence-electron chi connectivity index (χ4n) is 2.24. The molecule has 0 aliphatic rings. The minimum atomic E-state index is -4.59. The highest BCUT2D eigenvalue weighted by Gasteiger charge is 2.33. The summed E-state index contributed by atoms with van der Waals surface area (Å²) in [6, 6.07) is 6.42. The van der Waals surface area contributed by atoms with Gasteiger partial charge in [0.05, 0.1) is 17.4 Å². The smallest absolute Gasteiger partial charge is 0.333 e. The number of hydrogen-bond donors (Lipinski definition) is 0. The number of nitrogens with zero attached hydrogens (tertiary/aromatic N) is 2. The number of carbonyl (C=O) groups excluding carboxylic acids is 1. The quantitative estimate of drug-likeness (QED) is 0.733. The minimum Gasteiger partial charge on any atom is -0.333 e. The number of aryl methyl sites for hydroxylation is 1. The molecule has 0 N–H and O–H groups in total. The van der Waals surface area contributed by atoms with Crippen LogP contribution in [0.4, 0.5) is 13.2 Å². The van der Waals surface area contributed by atoms with Gasteiger partial charge in [-0.1, -0.05) is 19.1 Å². The van der Waals surface area contributed by atoms with Gasteiger partial charge in [0.2, 0.25) is 5.91 Å². The average molecular weight is 376 g/mol. The van der Waals surface area contributed by atoms with Crippen LogP contribution < -0.4 is 0 Å². The lowest BCUT2D eigenvalue weighted by atomic mass is 10.1. The van der Waals surface area contributed by atoms with Gasteiger partial charge in [0.25, 0.3) is 0 Å². The van der Waals surface area contributed by atoms with Gasteiger partial charge in [-0.25, -0.2) is 8.42 Å². The SMILES string of the molecule is CCCN(CC(F)(F)F)C(=O)CS(=O)(=O)Cc1ccc(C)c(C#N)c1. The van der Waals surface area contributed by atoms with Crippen LogP contribution in [0.25, 0.3) is 0 Å². The summed E-state index contributed by atoms with van der Waals surface area (Å²) >= 11 is 0. The first-order chi connectivity index (χ1) is 11.5. The predicted molar refractivity (Wildman–Crippen MR) is 86.3 cm³/mol. The van der Waals surface area contributed by atoms with Gasteiger partial charge < -0.3 is 4.90 Å². The molecule has 0 aliphatic heterocycles. The van der Waals surface area contributed by atoms with Crippen LogP contribution in [0.3, 0.4) is 0 Å². The van der Waals surface area contributed by atoms with Crippen molar-refractivity contribution in [2.24, 2.45) is 0 Å². The molecule has 25 heavy (non-hydrogen) atoms. The Morgan fingerprint density at radius 2 is 1.96 bits per heavy atom. The van der Waals surface area contributed by atoms with Crippen LogP contribution in [0.15, 0.2) is 18.2 Å². The summed E-state index contributed by atoms with van der Waals surface area (Å²) in [5.41, 5.74) is 1.30. The van der Waals surface area contributed by atoms with Gasteiger partial charge in [-0.3, -0.25) is 4.79 Å². The summed E-state index contributed by atoms with van der Waals surface area (Å²) in [4.78, 5) is 12.5. The van der Waals surface area contributed by atoms with E-state index in [-0.39, 0.29) is 13.0 Å². The maximum absolute atomic E-state index is 12.5. The van der Waals surface area contributed by atoms with E-state index in [1.807, 2.05) is 6.07 Å². The van der Waals surface area contributed by atoms with Crippen LogP contribution >= 0.6 is 0 Å². The fourth-order valence-corrected chi connectivity index (χ4v) is 3.59. The molecule has 0 aliphatic carbocycles. The number of sulfone groups is 1. The molecule has 1 amide bonds. The normalized spacial score (nSPS) is 11.8. The van der Waals surface area contributed by atoms with Crippen LogP contribution in [0.2, 0.25) is 0 Å². The summed E-state index contributed by atoms with van der Waals surface area (Å²) in [6.07, 6.45) is -4.31. The zero-order valence-corrected chi connectivity index (χ0v) is 14.7. The van der Waals surface area contributed by atoms with E-state index in [1.165, 1.54) is 12.1 Å². The van der Waals surface area contributed by atoms with Gasteiger partial charge in [0, 0.05) is 6.54 Å². The monoisotopic (exact) mass is 376 g/mol. The molecule has 5 nitrogen and oxygen atoms in total. The molecule has 1 aromatic rings. The second-order valence-electron chi connectivity index (χ2n) is 5.72. The Bertz CT molecular complexity index is 768. The molecule has 1 aromatic carbocycles. The molecule has 138 valence electrons. The number of rotatable bonds is 7. The highest BCUT2D eigenvalue weighted by molar-refractivity contribution is 7.91. The lowest BCUT2D eigenvalue weighted by molar-refractivity contribution is -0.159. The van der Waals surface area contributed by atoms with Crippen molar-refractivity contribution in [1.82, 2.24) is 4.90 Å². The highest BCUT2D eigenvalue weighted by atomic mass is 32.2. The molecule has 0 aromatic heterocycles. The maximum atomic E-state index is 12.5. The summed E-state index contributed by atoms with van der Waals surface area (Å²) in [5, 5.41) is 8.96. The van der Waals surface area contributed by atoms with E-state index in [0.29, 0.717) is 21.6 Å². The van der Waals surface area contributed by atoms with E-state index in [4.69, 9.17) is 5.26 Å². The third-order valence-electron chi connectivity index (χ3n) is 3.37. The Hall–Kier alpha value is -2.08. The van der Waals surface area contributed by atoms with E-state index in [1.54, 1.807) is 19.9 Å². The molecule has 0 unspecified atom stereocenters. The average Bonchev–Trinajstić information content (AvgIpc) is 2.46. The molecule has 0 bridgehead atoms. The number of alkyl halides is 3. The lowest BCUT2D eigenvalue weighted by Gasteiger charge is -2.23. The third kappa shape index (κ3) is 7.13. The predicted octanol–water partition coefficient (Wildman–Crippen LogP) is 2.58. The molecule has 0 saturated carbocycles. The number of carbonyl (C=O) groups is 1.